The summed E-state index contributed by atoms with van der Waals surface area (Å²) in [6.45, 7) is -0.330. The summed E-state index contributed by atoms with van der Waals surface area (Å²) >= 11 is 1.06. The summed E-state index contributed by atoms with van der Waals surface area (Å²) in [4.78, 5) is 42.8. The van der Waals surface area contributed by atoms with Crippen molar-refractivity contribution in [3.63, 3.8) is 0 Å². The lowest BCUT2D eigenvalue weighted by molar-refractivity contribution is -0.245. The minimum atomic E-state index is -4.58. The maximum absolute atomic E-state index is 12.5. The summed E-state index contributed by atoms with van der Waals surface area (Å²) in [7, 11) is -4.58. The molecule has 6 rings (SSSR count). The van der Waals surface area contributed by atoms with Crippen LogP contribution in [0.4, 0.5) is 5.95 Å². The van der Waals surface area contributed by atoms with Crippen molar-refractivity contribution < 1.29 is 29.8 Å². The van der Waals surface area contributed by atoms with E-state index in [2.05, 4.69) is 24.9 Å². The van der Waals surface area contributed by atoms with Gasteiger partial charge in [-0.1, -0.05) is 30.3 Å². The molecule has 0 amide bonds. The Kier molecular flexibility index (Phi) is 5.30. The van der Waals surface area contributed by atoms with Crippen LogP contribution in [0.1, 0.15) is 7.65 Å². The van der Waals surface area contributed by atoms with Crippen molar-refractivity contribution in [2.24, 2.45) is 0 Å². The third kappa shape index (κ3) is 3.96. The molecule has 0 saturated carbocycles. The molecule has 182 valence electrons. The second-order valence-corrected chi connectivity index (χ2v) is 10.1. The van der Waals surface area contributed by atoms with Gasteiger partial charge in [-0.15, -0.1) is 0 Å². The fourth-order valence-electron chi connectivity index (χ4n) is 4.03. The number of fused-ring (bicyclic) bond motifs is 2. The molecule has 5 heterocycles. The number of hydrogen-bond acceptors (Lipinski definition) is 12. The van der Waals surface area contributed by atoms with Crippen LogP contribution in [-0.2, 0) is 18.3 Å². The van der Waals surface area contributed by atoms with Crippen LogP contribution in [-0.4, -0.2) is 59.5 Å². The highest BCUT2D eigenvalue weighted by Crippen LogP contribution is 2.50. The number of nitrogens with two attached hydrogens (primary N) is 1. The van der Waals surface area contributed by atoms with Gasteiger partial charge in [0.25, 0.3) is 13.4 Å². The summed E-state index contributed by atoms with van der Waals surface area (Å²) in [5.74, 6) is -0.168. The van der Waals surface area contributed by atoms with Crippen molar-refractivity contribution in [2.75, 3.05) is 12.3 Å². The van der Waals surface area contributed by atoms with Gasteiger partial charge in [-0.2, -0.15) is 4.98 Å². The Morgan fingerprint density at radius 1 is 1.29 bits per heavy atom. The fourth-order valence-corrected chi connectivity index (χ4v) is 5.84. The van der Waals surface area contributed by atoms with Crippen LogP contribution in [0.3, 0.4) is 0 Å². The quantitative estimate of drug-likeness (QED) is 0.272. The number of nitrogens with one attached hydrogen (secondary N) is 2. The van der Waals surface area contributed by atoms with Gasteiger partial charge >= 0.3 is 1.43 Å². The largest absolute Gasteiger partial charge is 1.00 e. The van der Waals surface area contributed by atoms with Crippen molar-refractivity contribution >= 4 is 36.7 Å². The lowest BCUT2D eigenvalue weighted by Gasteiger charge is -2.34. The third-order valence-corrected chi connectivity index (χ3v) is 7.41. The van der Waals surface area contributed by atoms with Crippen LogP contribution in [0.25, 0.3) is 22.4 Å². The molecule has 16 heteroatoms. The van der Waals surface area contributed by atoms with Gasteiger partial charge in [0.1, 0.15) is 18.3 Å². The van der Waals surface area contributed by atoms with E-state index in [-0.39, 0.29) is 30.3 Å². The maximum Gasteiger partial charge on any atom is 1.00 e. The highest BCUT2D eigenvalue weighted by atomic mass is 32.2. The number of anilines is 1. The molecule has 4 aromatic rings. The Hall–Kier alpha value is -3.04. The molecule has 0 bridgehead atoms. The predicted octanol–water partition coefficient (Wildman–Crippen LogP) is 0.498. The molecule has 5 atom stereocenters. The predicted molar refractivity (Wildman–Crippen MR) is 120 cm³/mol. The first-order valence-corrected chi connectivity index (χ1v) is 12.6. The summed E-state index contributed by atoms with van der Waals surface area (Å²) in [6, 6.07) is 9.54. The zero-order chi connectivity index (χ0) is 24.3. The second kappa shape index (κ2) is 8.27. The standard InChI is InChI=1S/C19H18N7O7PS/c20-17-24-14-11(15(28)25-17)23-19(35-18-21-6-9(22-18)8-4-2-1-3-5-8)26(14)16-12(27)13-10(32-16)7-31-34(29,30)33-13/h1-6,10,12-13,16,27H,7H2,(H,21,22)(H,29,30)(H3,20,24,25,28)/t10?,12?,13-,16-/m1/s1. The molecular weight excluding hydrogens is 501 g/mol. The third-order valence-electron chi connectivity index (χ3n) is 5.57. The van der Waals surface area contributed by atoms with E-state index < -0.39 is 37.9 Å². The van der Waals surface area contributed by atoms with Gasteiger partial charge in [0.15, 0.2) is 27.7 Å². The van der Waals surface area contributed by atoms with Gasteiger partial charge in [0.05, 0.1) is 18.5 Å². The van der Waals surface area contributed by atoms with E-state index in [4.69, 9.17) is 19.5 Å². The lowest BCUT2D eigenvalue weighted by Crippen LogP contribution is -2.41. The Bertz CT molecular complexity index is 1530. The molecule has 3 unspecified atom stereocenters. The van der Waals surface area contributed by atoms with E-state index in [1.54, 1.807) is 6.20 Å². The fraction of sp³-hybridized carbons (Fsp3) is 0.263. The Balaban J connectivity index is 0.00000267. The summed E-state index contributed by atoms with van der Waals surface area (Å²) in [6.07, 6.45) is -3.08. The van der Waals surface area contributed by atoms with Gasteiger partial charge in [0, 0.05) is 0 Å². The lowest BCUT2D eigenvalue weighted by atomic mass is 10.1. The minimum Gasteiger partial charge on any atom is -0.756 e. The maximum atomic E-state index is 12.5. The Morgan fingerprint density at radius 2 is 2.09 bits per heavy atom. The average Bonchev–Trinajstić information content (AvgIpc) is 3.51. The van der Waals surface area contributed by atoms with Crippen molar-refractivity contribution in [2.45, 2.75) is 34.9 Å². The van der Waals surface area contributed by atoms with E-state index in [9.17, 15) is 19.4 Å². The number of imidazole rings is 2. The molecule has 2 aliphatic heterocycles. The number of rotatable bonds is 4. The Labute approximate surface area is 201 Å². The van der Waals surface area contributed by atoms with Gasteiger partial charge < -0.3 is 34.5 Å². The zero-order valence-electron chi connectivity index (χ0n) is 18.6. The van der Waals surface area contributed by atoms with Crippen LogP contribution in [0.5, 0.6) is 0 Å². The smallest absolute Gasteiger partial charge is 0.756 e. The van der Waals surface area contributed by atoms with E-state index >= 15 is 0 Å². The number of aromatic amines is 2. The molecule has 2 aliphatic rings. The van der Waals surface area contributed by atoms with E-state index in [1.165, 1.54) is 4.57 Å². The number of phosphoric ester groups is 1. The number of aliphatic hydroxyl groups excluding tert-OH is 1. The molecule has 35 heavy (non-hydrogen) atoms. The number of H-pyrrole nitrogens is 2. The van der Waals surface area contributed by atoms with Crippen LogP contribution in [0.15, 0.2) is 51.6 Å². The van der Waals surface area contributed by atoms with Crippen molar-refractivity contribution in [3.05, 3.63) is 46.9 Å². The topological polar surface area (TPSA) is 206 Å². The molecule has 0 spiro atoms. The van der Waals surface area contributed by atoms with Crippen molar-refractivity contribution in [3.8, 4) is 11.3 Å². The number of benzene rings is 1. The molecule has 14 nitrogen and oxygen atoms in total. The van der Waals surface area contributed by atoms with E-state index in [1.807, 2.05) is 30.3 Å². The normalized spacial score (nSPS) is 28.4. The molecule has 0 radical (unpaired) electrons. The molecule has 0 aliphatic carbocycles. The number of ether oxygens (including phenoxy) is 1. The number of nitrogens with zero attached hydrogens (tertiary/aromatic N) is 4. The van der Waals surface area contributed by atoms with Crippen molar-refractivity contribution in [1.82, 2.24) is 29.5 Å². The number of nitrogen functional groups attached to an aromatic ring is 1. The number of hydrogen-bond donors (Lipinski definition) is 4. The summed E-state index contributed by atoms with van der Waals surface area (Å²) < 4.78 is 28.7. The van der Waals surface area contributed by atoms with Crippen molar-refractivity contribution in [1.29, 1.82) is 0 Å². The Morgan fingerprint density at radius 3 is 2.89 bits per heavy atom. The SMILES string of the molecule is Nc1nc2c(nc(Sc3ncc(-c4ccccc4)[nH]3)n2[C@@H]2OC3COP(=O)([O-])O[C@H]3C2O)c(=O)[nH]1.[H+]. The molecular formula is C19H18N7O7PS. The van der Waals surface area contributed by atoms with Gasteiger partial charge in [-0.05, 0) is 17.3 Å². The number of phosphoric acid groups is 1. The second-order valence-electron chi connectivity index (χ2n) is 7.83. The first-order valence-electron chi connectivity index (χ1n) is 10.3. The van der Waals surface area contributed by atoms with Crippen LogP contribution >= 0.6 is 19.6 Å². The molecule has 2 saturated heterocycles. The number of aromatic nitrogens is 6. The van der Waals surface area contributed by atoms with Crippen LogP contribution in [0, 0.1) is 0 Å². The highest BCUT2D eigenvalue weighted by molar-refractivity contribution is 7.99. The van der Waals surface area contributed by atoms with Crippen LogP contribution in [0.2, 0.25) is 0 Å². The highest BCUT2D eigenvalue weighted by Gasteiger charge is 2.51. The molecule has 1 aromatic carbocycles. The van der Waals surface area contributed by atoms with E-state index in [0.717, 1.165) is 23.0 Å². The van der Waals surface area contributed by atoms with E-state index in [0.29, 0.717) is 5.16 Å². The molecule has 5 N–H and O–H groups in total. The molecule has 3 aromatic heterocycles. The summed E-state index contributed by atoms with van der Waals surface area (Å²) in [5.41, 5.74) is 6.83. The first kappa shape index (κ1) is 22.4. The van der Waals surface area contributed by atoms with Gasteiger partial charge in [-0.3, -0.25) is 18.9 Å². The number of aliphatic hydroxyl groups is 1. The zero-order valence-corrected chi connectivity index (χ0v) is 19.3. The van der Waals surface area contributed by atoms with Gasteiger partial charge in [-0.25, -0.2) is 9.97 Å². The first-order chi connectivity index (χ1) is 16.8. The minimum absolute atomic E-state index is 0. The molecule has 2 fully saturated rings. The summed E-state index contributed by atoms with van der Waals surface area (Å²) in [5, 5.41) is 11.6. The van der Waals surface area contributed by atoms with Crippen LogP contribution < -0.4 is 16.2 Å². The van der Waals surface area contributed by atoms with Gasteiger partial charge in [0.2, 0.25) is 5.95 Å². The average molecular weight is 519 g/mol. The monoisotopic (exact) mass is 519 g/mol.